The van der Waals surface area contributed by atoms with Crippen LogP contribution in [0.25, 0.3) is 0 Å². The number of hydrogen-bond donors (Lipinski definition) is 1. The molecule has 0 bridgehead atoms. The van der Waals surface area contributed by atoms with Crippen LogP contribution >= 0.6 is 0 Å². The van der Waals surface area contributed by atoms with E-state index in [2.05, 4.69) is 12.1 Å². The molecule has 1 heterocycles. The average Bonchev–Trinajstić information content (AvgIpc) is 2.45. The van der Waals surface area contributed by atoms with Crippen molar-refractivity contribution in [2.24, 2.45) is 5.41 Å². The summed E-state index contributed by atoms with van der Waals surface area (Å²) in [5.74, 6) is 1.54. The number of rotatable bonds is 2. The first kappa shape index (κ1) is 13.3. The summed E-state index contributed by atoms with van der Waals surface area (Å²) in [6.45, 7) is 1.40. The highest BCUT2D eigenvalue weighted by atomic mass is 16.5. The fraction of sp³-hybridized carbons (Fsp3) is 0.562. The lowest BCUT2D eigenvalue weighted by Crippen LogP contribution is -2.47. The Morgan fingerprint density at radius 2 is 1.85 bits per heavy atom. The minimum absolute atomic E-state index is 0.399. The second-order valence-corrected chi connectivity index (χ2v) is 6.15. The summed E-state index contributed by atoms with van der Waals surface area (Å²) < 4.78 is 5.18. The van der Waals surface area contributed by atoms with E-state index in [0.29, 0.717) is 24.4 Å². The molecule has 1 amide bonds. The largest absolute Gasteiger partial charge is 0.497 e. The van der Waals surface area contributed by atoms with Crippen LogP contribution in [0, 0.1) is 5.41 Å². The Morgan fingerprint density at radius 1 is 1.25 bits per heavy atom. The second kappa shape index (κ2) is 5.00. The first-order valence-electron chi connectivity index (χ1n) is 7.24. The van der Waals surface area contributed by atoms with Crippen molar-refractivity contribution in [3.05, 3.63) is 29.8 Å². The van der Waals surface area contributed by atoms with Crippen molar-refractivity contribution < 1.29 is 14.6 Å². The molecule has 1 aromatic rings. The molecule has 20 heavy (non-hydrogen) atoms. The molecule has 108 valence electrons. The molecule has 1 aromatic carbocycles. The van der Waals surface area contributed by atoms with Crippen LogP contribution in [0.4, 0.5) is 4.79 Å². The molecule has 1 saturated carbocycles. The van der Waals surface area contributed by atoms with Gasteiger partial charge in [0.05, 0.1) is 7.11 Å². The standard InChI is InChI=1S/C16H21NO3/c1-20-14-4-2-12(3-5-14)13-10-16(11-13)6-8-17(9-7-16)15(18)19/h2-5,13H,6-11H2,1H3,(H,18,19). The monoisotopic (exact) mass is 275 g/mol. The minimum atomic E-state index is -0.772. The van der Waals surface area contributed by atoms with Crippen molar-refractivity contribution in [3.8, 4) is 5.75 Å². The number of amides is 1. The number of methoxy groups -OCH3 is 1. The number of nitrogens with zero attached hydrogens (tertiary/aromatic N) is 1. The maximum Gasteiger partial charge on any atom is 0.407 e. The highest BCUT2D eigenvalue weighted by molar-refractivity contribution is 5.65. The van der Waals surface area contributed by atoms with Crippen LogP contribution in [-0.2, 0) is 0 Å². The van der Waals surface area contributed by atoms with E-state index in [9.17, 15) is 4.79 Å². The van der Waals surface area contributed by atoms with Crippen LogP contribution < -0.4 is 4.74 Å². The van der Waals surface area contributed by atoms with Gasteiger partial charge in [0.15, 0.2) is 0 Å². The summed E-state index contributed by atoms with van der Waals surface area (Å²) in [5, 5.41) is 8.99. The van der Waals surface area contributed by atoms with E-state index >= 15 is 0 Å². The van der Waals surface area contributed by atoms with E-state index in [-0.39, 0.29) is 0 Å². The zero-order valence-electron chi connectivity index (χ0n) is 11.8. The summed E-state index contributed by atoms with van der Waals surface area (Å²) in [4.78, 5) is 12.5. The lowest BCUT2D eigenvalue weighted by atomic mass is 9.56. The number of ether oxygens (including phenoxy) is 1. The summed E-state index contributed by atoms with van der Waals surface area (Å²) in [7, 11) is 1.68. The van der Waals surface area contributed by atoms with Gasteiger partial charge in [-0.3, -0.25) is 0 Å². The highest BCUT2D eigenvalue weighted by Gasteiger charge is 2.46. The molecular weight excluding hydrogens is 254 g/mol. The fourth-order valence-electron chi connectivity index (χ4n) is 3.68. The normalized spacial score (nSPS) is 21.6. The van der Waals surface area contributed by atoms with E-state index in [0.717, 1.165) is 18.6 Å². The first-order valence-corrected chi connectivity index (χ1v) is 7.24. The first-order chi connectivity index (χ1) is 9.62. The van der Waals surface area contributed by atoms with Gasteiger partial charge in [-0.1, -0.05) is 12.1 Å². The topological polar surface area (TPSA) is 49.8 Å². The molecule has 0 radical (unpaired) electrons. The Hall–Kier alpha value is -1.71. The van der Waals surface area contributed by atoms with Crippen LogP contribution in [0.3, 0.4) is 0 Å². The Kier molecular flexibility index (Phi) is 3.32. The van der Waals surface area contributed by atoms with Crippen LogP contribution in [0.2, 0.25) is 0 Å². The van der Waals surface area contributed by atoms with Gasteiger partial charge in [0, 0.05) is 13.1 Å². The van der Waals surface area contributed by atoms with Crippen molar-refractivity contribution in [3.63, 3.8) is 0 Å². The highest BCUT2D eigenvalue weighted by Crippen LogP contribution is 2.56. The van der Waals surface area contributed by atoms with Crippen LogP contribution in [0.1, 0.15) is 37.2 Å². The number of carbonyl (C=O) groups is 1. The Labute approximate surface area is 119 Å². The van der Waals surface area contributed by atoms with E-state index < -0.39 is 6.09 Å². The third kappa shape index (κ3) is 2.35. The fourth-order valence-corrected chi connectivity index (χ4v) is 3.68. The maximum absolute atomic E-state index is 10.9. The van der Waals surface area contributed by atoms with E-state index in [4.69, 9.17) is 9.84 Å². The summed E-state index contributed by atoms with van der Waals surface area (Å²) >= 11 is 0. The van der Waals surface area contributed by atoms with Gasteiger partial charge in [-0.05, 0) is 54.7 Å². The molecule has 2 aliphatic rings. The summed E-state index contributed by atoms with van der Waals surface area (Å²) in [5.41, 5.74) is 1.79. The third-order valence-electron chi connectivity index (χ3n) is 5.04. The predicted octanol–water partition coefficient (Wildman–Crippen LogP) is 3.33. The van der Waals surface area contributed by atoms with Crippen LogP contribution in [0.15, 0.2) is 24.3 Å². The van der Waals surface area contributed by atoms with E-state index in [1.165, 1.54) is 18.4 Å². The van der Waals surface area contributed by atoms with Crippen LogP contribution in [0.5, 0.6) is 5.75 Å². The number of carboxylic acid groups (broad SMARTS) is 1. The third-order valence-corrected chi connectivity index (χ3v) is 5.04. The molecule has 1 aliphatic carbocycles. The van der Waals surface area contributed by atoms with Gasteiger partial charge < -0.3 is 14.7 Å². The molecule has 4 heteroatoms. The molecule has 0 aromatic heterocycles. The zero-order valence-corrected chi connectivity index (χ0v) is 11.8. The number of hydrogen-bond acceptors (Lipinski definition) is 2. The van der Waals surface area contributed by atoms with Gasteiger partial charge in [0.2, 0.25) is 0 Å². The van der Waals surface area contributed by atoms with E-state index in [1.807, 2.05) is 12.1 Å². The van der Waals surface area contributed by atoms with Gasteiger partial charge >= 0.3 is 6.09 Å². The molecule has 1 spiro atoms. The smallest absolute Gasteiger partial charge is 0.407 e. The Balaban J connectivity index is 1.57. The molecule has 4 nitrogen and oxygen atoms in total. The summed E-state index contributed by atoms with van der Waals surface area (Å²) in [6.07, 6.45) is 3.67. The van der Waals surface area contributed by atoms with Crippen molar-refractivity contribution in [1.82, 2.24) is 4.90 Å². The van der Waals surface area contributed by atoms with Gasteiger partial charge in [-0.25, -0.2) is 4.79 Å². The van der Waals surface area contributed by atoms with Gasteiger partial charge in [0.25, 0.3) is 0 Å². The molecule has 2 fully saturated rings. The minimum Gasteiger partial charge on any atom is -0.497 e. The molecule has 3 rings (SSSR count). The van der Waals surface area contributed by atoms with Crippen molar-refractivity contribution in [2.75, 3.05) is 20.2 Å². The molecule has 1 aliphatic heterocycles. The second-order valence-electron chi connectivity index (χ2n) is 6.15. The molecule has 1 saturated heterocycles. The van der Waals surface area contributed by atoms with Gasteiger partial charge in [0.1, 0.15) is 5.75 Å². The molecular formula is C16H21NO3. The molecule has 1 N–H and O–H groups in total. The van der Waals surface area contributed by atoms with Gasteiger partial charge in [-0.15, -0.1) is 0 Å². The quantitative estimate of drug-likeness (QED) is 0.900. The SMILES string of the molecule is COc1ccc(C2CC3(CCN(C(=O)O)CC3)C2)cc1. The molecule has 0 atom stereocenters. The summed E-state index contributed by atoms with van der Waals surface area (Å²) in [6, 6.07) is 8.35. The lowest BCUT2D eigenvalue weighted by molar-refractivity contribution is 0.0189. The maximum atomic E-state index is 10.9. The number of benzene rings is 1. The molecule has 0 unspecified atom stereocenters. The van der Waals surface area contributed by atoms with Crippen LogP contribution in [-0.4, -0.2) is 36.3 Å². The van der Waals surface area contributed by atoms with Crippen molar-refractivity contribution in [2.45, 2.75) is 31.6 Å². The van der Waals surface area contributed by atoms with Crippen molar-refractivity contribution >= 4 is 6.09 Å². The Morgan fingerprint density at radius 3 is 2.35 bits per heavy atom. The lowest BCUT2D eigenvalue weighted by Gasteiger charge is -2.52. The average molecular weight is 275 g/mol. The predicted molar refractivity (Wildman–Crippen MR) is 76.2 cm³/mol. The van der Waals surface area contributed by atoms with E-state index in [1.54, 1.807) is 12.0 Å². The Bertz CT molecular complexity index is 481. The number of piperidine rings is 1. The van der Waals surface area contributed by atoms with Crippen molar-refractivity contribution in [1.29, 1.82) is 0 Å². The zero-order chi connectivity index (χ0) is 14.2. The number of likely N-dealkylation sites (tertiary alicyclic amines) is 1. The van der Waals surface area contributed by atoms with Gasteiger partial charge in [-0.2, -0.15) is 0 Å².